The molecule has 3 heterocycles. The number of amides is 1. The van der Waals surface area contributed by atoms with E-state index in [4.69, 9.17) is 4.74 Å². The first-order valence-corrected chi connectivity index (χ1v) is 9.39. The van der Waals surface area contributed by atoms with E-state index in [1.807, 2.05) is 41.3 Å². The molecule has 0 radical (unpaired) electrons. The largest absolute Gasteiger partial charge is 0.496 e. The van der Waals surface area contributed by atoms with Gasteiger partial charge >= 0.3 is 0 Å². The normalized spacial score (nSPS) is 17.4. The van der Waals surface area contributed by atoms with Crippen LogP contribution in [0.4, 0.5) is 0 Å². The van der Waals surface area contributed by atoms with Crippen LogP contribution >= 0.6 is 0 Å². The van der Waals surface area contributed by atoms with Gasteiger partial charge in [0, 0.05) is 37.9 Å². The second-order valence-electron chi connectivity index (χ2n) is 6.76. The fraction of sp³-hybridized carbons (Fsp3) is 0.286. The number of carbonyl (C=O) groups is 2. The molecular weight excluding hydrogens is 356 g/mol. The van der Waals surface area contributed by atoms with Gasteiger partial charge in [-0.15, -0.1) is 0 Å². The number of ether oxygens (including phenoxy) is 1. The molecule has 1 amide bonds. The Hall–Kier alpha value is -3.35. The number of fused-ring (bicyclic) bond motifs is 2. The standard InChI is InChI=1S/C21H22N4O3/c26-18-8-9-22-21-20(18)24-13-16-11-17(14-25(16)21)28-10-4-7-19(27)23-12-15-5-2-1-3-6-15/h1-3,5-6,9,11,13,24H,4,7-8,10,12,14H2,(H,23,27). The van der Waals surface area contributed by atoms with Crippen LogP contribution < -0.4 is 10.6 Å². The number of allylic oxidation sites excluding steroid dienone is 2. The van der Waals surface area contributed by atoms with Crippen LogP contribution in [0.5, 0.6) is 0 Å². The van der Waals surface area contributed by atoms with Crippen LogP contribution in [0.3, 0.4) is 0 Å². The van der Waals surface area contributed by atoms with Crippen molar-refractivity contribution in [3.05, 3.63) is 71.1 Å². The summed E-state index contributed by atoms with van der Waals surface area (Å²) in [6.07, 6.45) is 6.75. The molecule has 7 heteroatoms. The number of nitrogens with one attached hydrogen (secondary N) is 2. The number of aliphatic imine (C=N–C) groups is 1. The molecule has 0 aromatic heterocycles. The number of ketones is 1. The van der Waals surface area contributed by atoms with Gasteiger partial charge in [0.25, 0.3) is 0 Å². The summed E-state index contributed by atoms with van der Waals surface area (Å²) in [6.45, 7) is 1.54. The van der Waals surface area contributed by atoms with Crippen LogP contribution in [-0.2, 0) is 20.9 Å². The van der Waals surface area contributed by atoms with E-state index in [0.717, 1.165) is 17.0 Å². The smallest absolute Gasteiger partial charge is 0.220 e. The molecule has 0 fully saturated rings. The Morgan fingerprint density at radius 1 is 1.29 bits per heavy atom. The Morgan fingerprint density at radius 2 is 2.14 bits per heavy atom. The number of hydrogen-bond donors (Lipinski definition) is 2. The van der Waals surface area contributed by atoms with Gasteiger partial charge in [0.15, 0.2) is 11.6 Å². The minimum absolute atomic E-state index is 0.0158. The van der Waals surface area contributed by atoms with Crippen molar-refractivity contribution in [2.45, 2.75) is 25.8 Å². The average molecular weight is 378 g/mol. The minimum Gasteiger partial charge on any atom is -0.496 e. The predicted molar refractivity (Wildman–Crippen MR) is 105 cm³/mol. The van der Waals surface area contributed by atoms with Gasteiger partial charge in [0.05, 0.1) is 18.8 Å². The molecule has 3 aliphatic rings. The highest BCUT2D eigenvalue weighted by atomic mass is 16.5. The maximum atomic E-state index is 12.0. The summed E-state index contributed by atoms with van der Waals surface area (Å²) in [5.41, 5.74) is 2.54. The highest BCUT2D eigenvalue weighted by molar-refractivity contribution is 6.05. The highest BCUT2D eigenvalue weighted by Crippen LogP contribution is 2.31. The van der Waals surface area contributed by atoms with Crippen molar-refractivity contribution >= 4 is 17.9 Å². The molecule has 0 saturated carbocycles. The van der Waals surface area contributed by atoms with Gasteiger partial charge in [-0.25, -0.2) is 4.99 Å². The number of Topliss-reactive ketones (excluding diaryl/α,β-unsaturated/α-hetero) is 1. The van der Waals surface area contributed by atoms with Crippen LogP contribution in [0.25, 0.3) is 0 Å². The van der Waals surface area contributed by atoms with Gasteiger partial charge in [0.1, 0.15) is 11.5 Å². The summed E-state index contributed by atoms with van der Waals surface area (Å²) in [7, 11) is 0. The summed E-state index contributed by atoms with van der Waals surface area (Å²) < 4.78 is 5.83. The summed E-state index contributed by atoms with van der Waals surface area (Å²) >= 11 is 0. The van der Waals surface area contributed by atoms with E-state index in [1.165, 1.54) is 0 Å². The van der Waals surface area contributed by atoms with E-state index in [0.29, 0.717) is 50.5 Å². The Kier molecular flexibility index (Phi) is 5.23. The molecule has 4 rings (SSSR count). The monoisotopic (exact) mass is 378 g/mol. The van der Waals surface area contributed by atoms with Gasteiger partial charge in [-0.1, -0.05) is 30.3 Å². The highest BCUT2D eigenvalue weighted by Gasteiger charge is 2.31. The molecule has 0 unspecified atom stereocenters. The van der Waals surface area contributed by atoms with Gasteiger partial charge in [-0.05, 0) is 12.0 Å². The van der Waals surface area contributed by atoms with E-state index in [1.54, 1.807) is 12.4 Å². The lowest BCUT2D eigenvalue weighted by atomic mass is 10.1. The van der Waals surface area contributed by atoms with E-state index < -0.39 is 0 Å². The SMILES string of the molecule is O=C(CCCOC1=CC2=CNC3=C(N=CCC3=O)N2C1)NCc1ccccc1. The molecule has 7 nitrogen and oxygen atoms in total. The summed E-state index contributed by atoms with van der Waals surface area (Å²) in [5.74, 6) is 1.50. The first-order chi connectivity index (χ1) is 13.7. The van der Waals surface area contributed by atoms with E-state index in [-0.39, 0.29) is 11.7 Å². The molecule has 144 valence electrons. The third-order valence-electron chi connectivity index (χ3n) is 4.72. The number of carbonyl (C=O) groups excluding carboxylic acids is 2. The summed E-state index contributed by atoms with van der Waals surface area (Å²) in [4.78, 5) is 30.2. The van der Waals surface area contributed by atoms with Crippen molar-refractivity contribution in [1.82, 2.24) is 15.5 Å². The summed E-state index contributed by atoms with van der Waals surface area (Å²) in [6, 6.07) is 9.83. The molecule has 0 bridgehead atoms. The fourth-order valence-corrected chi connectivity index (χ4v) is 3.26. The molecule has 0 saturated heterocycles. The van der Waals surface area contributed by atoms with E-state index in [9.17, 15) is 9.59 Å². The van der Waals surface area contributed by atoms with Gasteiger partial charge in [0.2, 0.25) is 5.91 Å². The molecule has 0 aliphatic carbocycles. The number of hydrogen-bond acceptors (Lipinski definition) is 6. The zero-order chi connectivity index (χ0) is 19.3. The molecular formula is C21H22N4O3. The van der Waals surface area contributed by atoms with Crippen LogP contribution in [0.1, 0.15) is 24.8 Å². The third-order valence-corrected chi connectivity index (χ3v) is 4.72. The number of rotatable bonds is 7. The van der Waals surface area contributed by atoms with E-state index in [2.05, 4.69) is 15.6 Å². The Bertz CT molecular complexity index is 899. The lowest BCUT2D eigenvalue weighted by Crippen LogP contribution is -2.33. The van der Waals surface area contributed by atoms with Crippen LogP contribution in [0.2, 0.25) is 0 Å². The number of benzene rings is 1. The average Bonchev–Trinajstić information content (AvgIpc) is 3.14. The first kappa shape index (κ1) is 18.0. The van der Waals surface area contributed by atoms with Crippen molar-refractivity contribution in [3.63, 3.8) is 0 Å². The topological polar surface area (TPSA) is 83.0 Å². The lowest BCUT2D eigenvalue weighted by Gasteiger charge is -2.28. The zero-order valence-electron chi connectivity index (χ0n) is 15.5. The Labute approximate surface area is 163 Å². The fourth-order valence-electron chi connectivity index (χ4n) is 3.26. The van der Waals surface area contributed by atoms with Crippen molar-refractivity contribution in [3.8, 4) is 0 Å². The molecule has 0 atom stereocenters. The van der Waals surface area contributed by atoms with E-state index >= 15 is 0 Å². The maximum Gasteiger partial charge on any atom is 0.220 e. The van der Waals surface area contributed by atoms with Crippen molar-refractivity contribution in [2.75, 3.05) is 13.2 Å². The van der Waals surface area contributed by atoms with Crippen molar-refractivity contribution in [2.24, 2.45) is 4.99 Å². The minimum atomic E-state index is 0.0158. The van der Waals surface area contributed by atoms with Gasteiger partial charge in [-0.3, -0.25) is 9.59 Å². The van der Waals surface area contributed by atoms with Crippen molar-refractivity contribution < 1.29 is 14.3 Å². The Morgan fingerprint density at radius 3 is 3.00 bits per heavy atom. The number of nitrogens with zero attached hydrogens (tertiary/aromatic N) is 2. The molecule has 1 aromatic carbocycles. The maximum absolute atomic E-state index is 12.0. The molecule has 2 N–H and O–H groups in total. The van der Waals surface area contributed by atoms with Gasteiger partial charge < -0.3 is 20.3 Å². The van der Waals surface area contributed by atoms with Gasteiger partial charge in [-0.2, -0.15) is 0 Å². The zero-order valence-corrected chi connectivity index (χ0v) is 15.5. The molecule has 28 heavy (non-hydrogen) atoms. The predicted octanol–water partition coefficient (Wildman–Crippen LogP) is 1.96. The van der Waals surface area contributed by atoms with Crippen molar-refractivity contribution in [1.29, 1.82) is 0 Å². The third kappa shape index (κ3) is 3.98. The molecule has 0 spiro atoms. The van der Waals surface area contributed by atoms with Crippen LogP contribution in [0, 0.1) is 0 Å². The van der Waals surface area contributed by atoms with Crippen LogP contribution in [-0.4, -0.2) is 36.0 Å². The second-order valence-corrected chi connectivity index (χ2v) is 6.76. The first-order valence-electron chi connectivity index (χ1n) is 9.39. The quantitative estimate of drug-likeness (QED) is 0.709. The summed E-state index contributed by atoms with van der Waals surface area (Å²) in [5, 5.41) is 5.95. The molecule has 1 aromatic rings. The Balaban J connectivity index is 1.20. The second kappa shape index (κ2) is 8.12. The van der Waals surface area contributed by atoms with Crippen LogP contribution in [0.15, 0.2) is 70.6 Å². The lowest BCUT2D eigenvalue weighted by molar-refractivity contribution is -0.121. The molecule has 3 aliphatic heterocycles.